The van der Waals surface area contributed by atoms with Crippen LogP contribution in [0.25, 0.3) is 0 Å². The van der Waals surface area contributed by atoms with E-state index >= 15 is 0 Å². The van der Waals surface area contributed by atoms with Crippen LogP contribution in [0.3, 0.4) is 0 Å². The molecule has 0 aromatic heterocycles. The van der Waals surface area contributed by atoms with Crippen molar-refractivity contribution in [3.05, 3.63) is 146 Å². The average molecular weight is 1050 g/mol. The van der Waals surface area contributed by atoms with Gasteiger partial charge in [0.05, 0.1) is 27.7 Å². The number of rotatable bonds is 50. The number of carbonyl (C=O) groups is 2. The molecule has 0 bridgehead atoms. The first-order valence-corrected chi connectivity index (χ1v) is 30.0. The van der Waals surface area contributed by atoms with Crippen LogP contribution in [-0.2, 0) is 32.7 Å². The van der Waals surface area contributed by atoms with Crippen LogP contribution in [0.4, 0.5) is 0 Å². The van der Waals surface area contributed by atoms with E-state index in [0.29, 0.717) is 23.9 Å². The third-order valence-corrected chi connectivity index (χ3v) is 12.3. The monoisotopic (exact) mass is 1050 g/mol. The lowest BCUT2D eigenvalue weighted by Gasteiger charge is -2.28. The van der Waals surface area contributed by atoms with Gasteiger partial charge < -0.3 is 27.9 Å². The van der Waals surface area contributed by atoms with Gasteiger partial charge >= 0.3 is 11.9 Å². The Hall–Kier alpha value is -4.11. The van der Waals surface area contributed by atoms with Gasteiger partial charge in [-0.15, -0.1) is 0 Å². The molecule has 0 N–H and O–H groups in total. The highest BCUT2D eigenvalue weighted by Crippen LogP contribution is 2.38. The molecule has 0 aliphatic heterocycles. The van der Waals surface area contributed by atoms with Gasteiger partial charge in [-0.05, 0) is 103 Å². The van der Waals surface area contributed by atoms with E-state index in [1.807, 2.05) is 33.3 Å². The lowest BCUT2D eigenvalue weighted by Crippen LogP contribution is -2.37. The molecule has 2 atom stereocenters. The molecule has 0 saturated heterocycles. The smallest absolute Gasteiger partial charge is 0.306 e. The second-order valence-corrected chi connectivity index (χ2v) is 20.9. The van der Waals surface area contributed by atoms with Crippen LogP contribution >= 0.6 is 7.82 Å². The molecule has 0 aliphatic carbocycles. The summed E-state index contributed by atoms with van der Waals surface area (Å²) in [5, 5.41) is 0. The molecule has 0 aromatic carbocycles. The summed E-state index contributed by atoms with van der Waals surface area (Å²) in [6, 6.07) is 0. The lowest BCUT2D eigenvalue weighted by atomic mass is 10.0. The number of carbonyl (C=O) groups excluding carboxylic acids is 2. The van der Waals surface area contributed by atoms with Crippen LogP contribution < -0.4 is 4.89 Å². The highest BCUT2D eigenvalue weighted by Gasteiger charge is 2.21. The predicted octanol–water partition coefficient (Wildman–Crippen LogP) is 17.3. The molecule has 418 valence electrons. The standard InChI is InChI=1S/C64H104NO8P/c1-6-8-10-12-14-16-18-20-22-24-26-27-28-29-30-31-32-33-34-35-36-37-39-41-43-45-47-49-51-53-55-57-64(67)73-62(61-72-74(68,69)71-59-58-65(3,4)5)60-70-63(66)56-54-52-50-48-46-44-42-40-38-25-23-21-19-17-15-13-11-9-7-2/h8-11,14-17,20-23,26-27,29-30,32-33,38,40,44,46,50,52,62H,6-7,12-13,18-19,24-25,28,31,34-37,39,41-43,45,47-49,51,53-61H2,1-5H3/b10-8-,11-9-,16-14-,17-15-,22-20-,23-21-,27-26-,30-29-,33-32-,40-38-,46-44-,52-50-. The summed E-state index contributed by atoms with van der Waals surface area (Å²) < 4.78 is 34.0. The van der Waals surface area contributed by atoms with Gasteiger partial charge in [0.2, 0.25) is 0 Å². The van der Waals surface area contributed by atoms with Gasteiger partial charge in [-0.1, -0.05) is 224 Å². The normalized spacial score (nSPS) is 14.4. The van der Waals surface area contributed by atoms with Crippen molar-refractivity contribution in [2.24, 2.45) is 0 Å². The maximum Gasteiger partial charge on any atom is 0.306 e. The molecule has 0 amide bonds. The van der Waals surface area contributed by atoms with Crippen molar-refractivity contribution in [2.75, 3.05) is 47.5 Å². The Labute approximate surface area is 453 Å². The maximum atomic E-state index is 12.8. The van der Waals surface area contributed by atoms with Gasteiger partial charge in [0.1, 0.15) is 19.8 Å². The summed E-state index contributed by atoms with van der Waals surface area (Å²) in [6.45, 7) is 3.90. The Morgan fingerprint density at radius 1 is 0.419 bits per heavy atom. The Kier molecular flexibility index (Phi) is 50.7. The highest BCUT2D eigenvalue weighted by atomic mass is 31.2. The molecule has 0 aliphatic rings. The molecule has 0 heterocycles. The van der Waals surface area contributed by atoms with Crippen molar-refractivity contribution in [1.82, 2.24) is 0 Å². The SMILES string of the molecule is CC/C=C\C/C=C\C/C=C\C/C=C\C/C=C\C/C=C\CCCCCCCCCCCCCCC(=O)OC(COC(=O)CC/C=C\C/C=C\C/C=C\C/C=C\C/C=C\C/C=C\CC)COP(=O)([O-])OCC[N+](C)(C)C. The molecule has 0 spiro atoms. The fourth-order valence-electron chi connectivity index (χ4n) is 7.04. The molecular weight excluding hydrogens is 942 g/mol. The van der Waals surface area contributed by atoms with E-state index in [9.17, 15) is 19.0 Å². The van der Waals surface area contributed by atoms with E-state index in [-0.39, 0.29) is 26.1 Å². The second kappa shape index (κ2) is 53.7. The van der Waals surface area contributed by atoms with E-state index in [4.69, 9.17) is 18.5 Å². The van der Waals surface area contributed by atoms with Crippen LogP contribution in [0.1, 0.15) is 194 Å². The molecule has 0 radical (unpaired) electrons. The quantitative estimate of drug-likeness (QED) is 0.0195. The summed E-state index contributed by atoms with van der Waals surface area (Å²) in [5.41, 5.74) is 0. The van der Waals surface area contributed by atoms with Gasteiger partial charge in [0.15, 0.2) is 6.10 Å². The number of hydrogen-bond donors (Lipinski definition) is 0. The molecule has 10 heteroatoms. The number of nitrogens with zero attached hydrogens (tertiary/aromatic N) is 1. The number of unbranched alkanes of at least 4 members (excludes halogenated alkanes) is 12. The first kappa shape index (κ1) is 69.9. The van der Waals surface area contributed by atoms with Crippen molar-refractivity contribution < 1.29 is 42.1 Å². The van der Waals surface area contributed by atoms with Crippen molar-refractivity contribution in [2.45, 2.75) is 200 Å². The molecule has 2 unspecified atom stereocenters. The predicted molar refractivity (Wildman–Crippen MR) is 314 cm³/mol. The fourth-order valence-corrected chi connectivity index (χ4v) is 7.77. The van der Waals surface area contributed by atoms with Gasteiger partial charge in [0.25, 0.3) is 7.82 Å². The zero-order valence-corrected chi connectivity index (χ0v) is 48.1. The average Bonchev–Trinajstić information content (AvgIpc) is 3.36. The Morgan fingerprint density at radius 2 is 0.757 bits per heavy atom. The number of allylic oxidation sites excluding steroid dienone is 24. The first-order valence-electron chi connectivity index (χ1n) is 28.5. The number of likely N-dealkylation sites (N-methyl/N-ethyl adjacent to an activating group) is 1. The van der Waals surface area contributed by atoms with Crippen LogP contribution in [0.5, 0.6) is 0 Å². The molecular formula is C64H104NO8P. The van der Waals surface area contributed by atoms with Gasteiger partial charge in [-0.25, -0.2) is 0 Å². The topological polar surface area (TPSA) is 111 Å². The number of esters is 2. The second-order valence-electron chi connectivity index (χ2n) is 19.5. The van der Waals surface area contributed by atoms with E-state index in [2.05, 4.69) is 148 Å². The van der Waals surface area contributed by atoms with Crippen LogP contribution in [0.15, 0.2) is 146 Å². The zero-order valence-electron chi connectivity index (χ0n) is 47.2. The van der Waals surface area contributed by atoms with Gasteiger partial charge in [0, 0.05) is 12.8 Å². The maximum absolute atomic E-state index is 12.8. The fraction of sp³-hybridized carbons (Fsp3) is 0.594. The summed E-state index contributed by atoms with van der Waals surface area (Å²) in [6.07, 6.45) is 79.1. The number of ether oxygens (including phenoxy) is 2. The van der Waals surface area contributed by atoms with E-state index in [1.165, 1.54) is 51.4 Å². The lowest BCUT2D eigenvalue weighted by molar-refractivity contribution is -0.870. The summed E-state index contributed by atoms with van der Waals surface area (Å²) in [4.78, 5) is 37.8. The molecule has 74 heavy (non-hydrogen) atoms. The Morgan fingerprint density at radius 3 is 1.14 bits per heavy atom. The molecule has 0 aromatic rings. The van der Waals surface area contributed by atoms with Crippen LogP contribution in [-0.4, -0.2) is 70.0 Å². The number of hydrogen-bond acceptors (Lipinski definition) is 8. The zero-order chi connectivity index (χ0) is 54.2. The highest BCUT2D eigenvalue weighted by molar-refractivity contribution is 7.45. The Bertz CT molecular complexity index is 1760. The first-order chi connectivity index (χ1) is 36.0. The molecule has 0 saturated carbocycles. The minimum absolute atomic E-state index is 0.0504. The largest absolute Gasteiger partial charge is 0.756 e. The third-order valence-electron chi connectivity index (χ3n) is 11.4. The summed E-state index contributed by atoms with van der Waals surface area (Å²) in [7, 11) is 1.10. The van der Waals surface area contributed by atoms with Crippen LogP contribution in [0, 0.1) is 0 Å². The summed E-state index contributed by atoms with van der Waals surface area (Å²) >= 11 is 0. The van der Waals surface area contributed by atoms with Crippen molar-refractivity contribution in [3.8, 4) is 0 Å². The molecule has 0 fully saturated rings. The molecule has 0 rings (SSSR count). The van der Waals surface area contributed by atoms with Gasteiger partial charge in [-0.3, -0.25) is 14.2 Å². The third kappa shape index (κ3) is 57.2. The minimum atomic E-state index is -4.66. The van der Waals surface area contributed by atoms with E-state index < -0.39 is 32.5 Å². The number of phosphoric ester groups is 1. The number of quaternary nitrogens is 1. The van der Waals surface area contributed by atoms with Crippen LogP contribution in [0.2, 0.25) is 0 Å². The molecule has 9 nitrogen and oxygen atoms in total. The van der Waals surface area contributed by atoms with Crippen molar-refractivity contribution in [3.63, 3.8) is 0 Å². The van der Waals surface area contributed by atoms with Crippen molar-refractivity contribution >= 4 is 19.8 Å². The van der Waals surface area contributed by atoms with Crippen molar-refractivity contribution in [1.29, 1.82) is 0 Å². The Balaban J connectivity index is 4.26. The van der Waals surface area contributed by atoms with E-state index in [0.717, 1.165) is 103 Å². The van der Waals surface area contributed by atoms with Gasteiger partial charge in [-0.2, -0.15) is 0 Å². The minimum Gasteiger partial charge on any atom is -0.756 e. The van der Waals surface area contributed by atoms with E-state index in [1.54, 1.807) is 0 Å². The summed E-state index contributed by atoms with van der Waals surface area (Å²) in [5.74, 6) is -0.945. The number of phosphoric acid groups is 1.